The summed E-state index contributed by atoms with van der Waals surface area (Å²) in [4.78, 5) is 13.4. The van der Waals surface area contributed by atoms with Crippen molar-refractivity contribution in [2.24, 2.45) is 0 Å². The van der Waals surface area contributed by atoms with Gasteiger partial charge in [0.15, 0.2) is 0 Å². The first kappa shape index (κ1) is 14.6. The molecule has 1 fully saturated rings. The van der Waals surface area contributed by atoms with Gasteiger partial charge in [-0.15, -0.1) is 0 Å². The van der Waals surface area contributed by atoms with Crippen LogP contribution in [0.1, 0.15) is 25.7 Å². The first-order valence-electron chi connectivity index (χ1n) is 6.21. The highest BCUT2D eigenvalue weighted by Gasteiger charge is 2.34. The lowest BCUT2D eigenvalue weighted by Crippen LogP contribution is -2.38. The van der Waals surface area contributed by atoms with Crippen LogP contribution in [-0.2, 0) is 10.0 Å². The highest BCUT2D eigenvalue weighted by atomic mass is 32.2. The third kappa shape index (κ3) is 3.40. The van der Waals surface area contributed by atoms with E-state index >= 15 is 0 Å². The number of sulfonamides is 1. The number of aromatic nitrogens is 1. The summed E-state index contributed by atoms with van der Waals surface area (Å²) in [5.41, 5.74) is -0.310. The lowest BCUT2D eigenvalue weighted by Gasteiger charge is -2.26. The molecule has 19 heavy (non-hydrogen) atoms. The van der Waals surface area contributed by atoms with Crippen LogP contribution in [0.15, 0.2) is 28.0 Å². The van der Waals surface area contributed by atoms with Crippen LogP contribution in [0.5, 0.6) is 0 Å². The number of nitrogens with one attached hydrogen (secondary N) is 2. The third-order valence-corrected chi connectivity index (χ3v) is 6.42. The van der Waals surface area contributed by atoms with Crippen LogP contribution in [0.2, 0.25) is 0 Å². The molecule has 0 amide bonds. The van der Waals surface area contributed by atoms with Crippen molar-refractivity contribution in [1.29, 1.82) is 0 Å². The summed E-state index contributed by atoms with van der Waals surface area (Å²) >= 11 is 1.73. The molecule has 1 aromatic rings. The van der Waals surface area contributed by atoms with Crippen LogP contribution in [0.3, 0.4) is 0 Å². The average molecular weight is 302 g/mol. The smallest absolute Gasteiger partial charge is 0.247 e. The monoisotopic (exact) mass is 302 g/mol. The Hall–Kier alpha value is -0.790. The Labute approximate surface area is 117 Å². The molecule has 106 valence electrons. The Bertz CT molecular complexity index is 569. The van der Waals surface area contributed by atoms with Crippen molar-refractivity contribution in [3.8, 4) is 0 Å². The van der Waals surface area contributed by atoms with Crippen molar-refractivity contribution >= 4 is 21.8 Å². The standard InChI is InChI=1S/C12H18N2O3S2/c1-18-12(6-2-3-7-12)9-14-19(16,17)10-4-5-11(15)13-8-10/h4-5,8,14H,2-3,6-7,9H2,1H3,(H,13,15). The van der Waals surface area contributed by atoms with E-state index in [1.54, 1.807) is 11.8 Å². The minimum atomic E-state index is -3.55. The molecule has 0 aliphatic heterocycles. The van der Waals surface area contributed by atoms with E-state index in [-0.39, 0.29) is 15.2 Å². The largest absolute Gasteiger partial charge is 0.328 e. The zero-order valence-corrected chi connectivity index (χ0v) is 12.4. The van der Waals surface area contributed by atoms with Gasteiger partial charge in [0.2, 0.25) is 15.6 Å². The van der Waals surface area contributed by atoms with Crippen LogP contribution in [0, 0.1) is 0 Å². The number of aromatic amines is 1. The molecule has 0 spiro atoms. The maximum atomic E-state index is 12.1. The summed E-state index contributed by atoms with van der Waals surface area (Å²) in [5, 5.41) is 0. The Balaban J connectivity index is 2.09. The fourth-order valence-corrected chi connectivity index (χ4v) is 4.44. The second-order valence-corrected chi connectivity index (χ2v) is 7.85. The molecule has 5 nitrogen and oxygen atoms in total. The molecule has 0 atom stereocenters. The summed E-state index contributed by atoms with van der Waals surface area (Å²) in [5.74, 6) is 0. The molecule has 0 radical (unpaired) electrons. The Morgan fingerprint density at radius 3 is 2.58 bits per heavy atom. The minimum Gasteiger partial charge on any atom is -0.328 e. The lowest BCUT2D eigenvalue weighted by molar-refractivity contribution is 0.551. The second kappa shape index (κ2) is 5.68. The molecular weight excluding hydrogens is 284 g/mol. The lowest BCUT2D eigenvalue weighted by atomic mass is 10.1. The van der Waals surface area contributed by atoms with Gasteiger partial charge in [-0.05, 0) is 25.2 Å². The van der Waals surface area contributed by atoms with Gasteiger partial charge >= 0.3 is 0 Å². The van der Waals surface area contributed by atoms with Crippen molar-refractivity contribution in [3.05, 3.63) is 28.7 Å². The van der Waals surface area contributed by atoms with E-state index in [4.69, 9.17) is 0 Å². The Kier molecular flexibility index (Phi) is 4.37. The molecule has 0 aromatic carbocycles. The average Bonchev–Trinajstić information content (AvgIpc) is 2.87. The fourth-order valence-electron chi connectivity index (χ4n) is 2.35. The molecule has 0 unspecified atom stereocenters. The van der Waals surface area contributed by atoms with Gasteiger partial charge in [-0.25, -0.2) is 13.1 Å². The normalized spacial score (nSPS) is 18.6. The van der Waals surface area contributed by atoms with Gasteiger partial charge in [0, 0.05) is 23.6 Å². The molecule has 1 aliphatic carbocycles. The number of hydrogen-bond acceptors (Lipinski definition) is 4. The summed E-state index contributed by atoms with van der Waals surface area (Å²) in [6.45, 7) is 0.440. The highest BCUT2D eigenvalue weighted by molar-refractivity contribution is 8.00. The molecule has 1 aromatic heterocycles. The first-order valence-corrected chi connectivity index (χ1v) is 8.92. The maximum Gasteiger partial charge on any atom is 0.247 e. The molecule has 7 heteroatoms. The van der Waals surface area contributed by atoms with Crippen LogP contribution in [-0.4, -0.2) is 30.9 Å². The Morgan fingerprint density at radius 1 is 1.37 bits per heavy atom. The summed E-state index contributed by atoms with van der Waals surface area (Å²) in [7, 11) is -3.55. The number of thioether (sulfide) groups is 1. The number of hydrogen-bond donors (Lipinski definition) is 2. The molecule has 0 saturated heterocycles. The van der Waals surface area contributed by atoms with Gasteiger partial charge in [-0.3, -0.25) is 4.79 Å². The van der Waals surface area contributed by atoms with Crippen molar-refractivity contribution < 1.29 is 8.42 Å². The summed E-state index contributed by atoms with van der Waals surface area (Å²) < 4.78 is 26.9. The van der Waals surface area contributed by atoms with Crippen molar-refractivity contribution in [1.82, 2.24) is 9.71 Å². The quantitative estimate of drug-likeness (QED) is 0.860. The van der Waals surface area contributed by atoms with E-state index in [0.717, 1.165) is 25.7 Å². The zero-order valence-electron chi connectivity index (χ0n) is 10.8. The number of pyridine rings is 1. The predicted octanol–water partition coefficient (Wildman–Crippen LogP) is 1.33. The van der Waals surface area contributed by atoms with Crippen molar-refractivity contribution in [3.63, 3.8) is 0 Å². The summed E-state index contributed by atoms with van der Waals surface area (Å²) in [6, 6.07) is 2.54. The van der Waals surface area contributed by atoms with E-state index in [2.05, 4.69) is 9.71 Å². The SMILES string of the molecule is CSC1(CNS(=O)(=O)c2ccc(=O)[nH]c2)CCCC1. The Morgan fingerprint density at radius 2 is 2.05 bits per heavy atom. The number of rotatable bonds is 5. The van der Waals surface area contributed by atoms with Gasteiger partial charge in [-0.1, -0.05) is 12.8 Å². The maximum absolute atomic E-state index is 12.1. The van der Waals surface area contributed by atoms with Crippen LogP contribution < -0.4 is 10.3 Å². The van der Waals surface area contributed by atoms with Crippen molar-refractivity contribution in [2.45, 2.75) is 35.3 Å². The minimum absolute atomic E-state index is 0.0231. The second-order valence-electron chi connectivity index (χ2n) is 4.81. The first-order chi connectivity index (χ1) is 8.97. The highest BCUT2D eigenvalue weighted by Crippen LogP contribution is 2.39. The van der Waals surface area contributed by atoms with Crippen LogP contribution >= 0.6 is 11.8 Å². The van der Waals surface area contributed by atoms with Gasteiger partial charge in [-0.2, -0.15) is 11.8 Å². The molecule has 1 heterocycles. The molecule has 0 bridgehead atoms. The third-order valence-electron chi connectivity index (χ3n) is 3.60. The van der Waals surface area contributed by atoms with Crippen LogP contribution in [0.4, 0.5) is 0 Å². The van der Waals surface area contributed by atoms with E-state index < -0.39 is 10.0 Å². The van der Waals surface area contributed by atoms with Gasteiger partial charge < -0.3 is 4.98 Å². The van der Waals surface area contributed by atoms with E-state index in [1.807, 2.05) is 6.26 Å². The molecule has 1 aliphatic rings. The molecular formula is C12H18N2O3S2. The number of H-pyrrole nitrogens is 1. The molecule has 2 rings (SSSR count). The summed E-state index contributed by atoms with van der Waals surface area (Å²) in [6.07, 6.45) is 7.65. The zero-order chi connectivity index (χ0) is 13.9. The van der Waals surface area contributed by atoms with E-state index in [1.165, 1.54) is 18.3 Å². The molecule has 2 N–H and O–H groups in total. The van der Waals surface area contributed by atoms with Crippen molar-refractivity contribution in [2.75, 3.05) is 12.8 Å². The predicted molar refractivity (Wildman–Crippen MR) is 77.0 cm³/mol. The van der Waals surface area contributed by atoms with E-state index in [9.17, 15) is 13.2 Å². The fraction of sp³-hybridized carbons (Fsp3) is 0.583. The van der Waals surface area contributed by atoms with Gasteiger partial charge in [0.25, 0.3) is 0 Å². The van der Waals surface area contributed by atoms with Gasteiger partial charge in [0.05, 0.1) is 4.90 Å². The van der Waals surface area contributed by atoms with Crippen LogP contribution in [0.25, 0.3) is 0 Å². The van der Waals surface area contributed by atoms with Gasteiger partial charge in [0.1, 0.15) is 0 Å². The molecule has 1 saturated carbocycles. The van der Waals surface area contributed by atoms with E-state index in [0.29, 0.717) is 6.54 Å². The topological polar surface area (TPSA) is 79.0 Å².